The van der Waals surface area contributed by atoms with Crippen molar-refractivity contribution in [2.24, 2.45) is 11.8 Å². The van der Waals surface area contributed by atoms with E-state index in [2.05, 4.69) is 10.6 Å². The molecular weight excluding hydrogens is 288 g/mol. The summed E-state index contributed by atoms with van der Waals surface area (Å²) in [5.41, 5.74) is 0.728. The number of benzene rings is 1. The molecule has 2 atom stereocenters. The first-order chi connectivity index (χ1) is 10.1. The van der Waals surface area contributed by atoms with Gasteiger partial charge in [-0.2, -0.15) is 0 Å². The Balaban J connectivity index is 1.80. The van der Waals surface area contributed by atoms with Crippen LogP contribution in [0.5, 0.6) is 0 Å². The van der Waals surface area contributed by atoms with Gasteiger partial charge in [-0.3, -0.25) is 4.79 Å². The largest absolute Gasteiger partial charge is 0.481 e. The van der Waals surface area contributed by atoms with Crippen molar-refractivity contribution >= 4 is 29.4 Å². The minimum Gasteiger partial charge on any atom is -0.481 e. The zero-order chi connectivity index (χ0) is 15.2. The fourth-order valence-electron chi connectivity index (χ4n) is 2.68. The number of anilines is 1. The lowest BCUT2D eigenvalue weighted by molar-refractivity contribution is -0.142. The van der Waals surface area contributed by atoms with Crippen LogP contribution in [0.3, 0.4) is 0 Å². The highest BCUT2D eigenvalue weighted by atomic mass is 32.2. The molecule has 1 fully saturated rings. The summed E-state index contributed by atoms with van der Waals surface area (Å²) < 4.78 is 0. The molecule has 0 spiro atoms. The average Bonchev–Trinajstić information content (AvgIpc) is 2.94. The molecule has 1 aliphatic rings. The Morgan fingerprint density at radius 2 is 2.00 bits per heavy atom. The zero-order valence-corrected chi connectivity index (χ0v) is 12.8. The van der Waals surface area contributed by atoms with Crippen LogP contribution < -0.4 is 10.6 Å². The van der Waals surface area contributed by atoms with E-state index < -0.39 is 5.97 Å². The highest BCUT2D eigenvalue weighted by Crippen LogP contribution is 2.31. The van der Waals surface area contributed by atoms with Crippen molar-refractivity contribution in [2.45, 2.75) is 24.2 Å². The lowest BCUT2D eigenvalue weighted by atomic mass is 9.96. The molecule has 3 N–H and O–H groups in total. The number of carbonyl (C=O) groups excluding carboxylic acids is 1. The standard InChI is InChI=1S/C15H20N2O3S/c1-21-12-7-5-11(6-8-12)17-15(20)16-9-10-3-2-4-13(10)14(18)19/h5-8,10,13H,2-4,9H2,1H3,(H,18,19)(H2,16,17,20). The molecule has 0 bridgehead atoms. The van der Waals surface area contributed by atoms with E-state index in [-0.39, 0.29) is 17.9 Å². The number of amides is 2. The van der Waals surface area contributed by atoms with Crippen LogP contribution >= 0.6 is 11.8 Å². The van der Waals surface area contributed by atoms with Gasteiger partial charge in [-0.15, -0.1) is 11.8 Å². The number of carboxylic acid groups (broad SMARTS) is 1. The summed E-state index contributed by atoms with van der Waals surface area (Å²) in [6.07, 6.45) is 4.48. The quantitative estimate of drug-likeness (QED) is 0.731. The highest BCUT2D eigenvalue weighted by molar-refractivity contribution is 7.98. The maximum atomic E-state index is 11.8. The summed E-state index contributed by atoms with van der Waals surface area (Å²) in [6, 6.07) is 7.29. The average molecular weight is 308 g/mol. The van der Waals surface area contributed by atoms with Gasteiger partial charge in [0.25, 0.3) is 0 Å². The summed E-state index contributed by atoms with van der Waals surface area (Å²) >= 11 is 1.64. The molecule has 1 aromatic rings. The lowest BCUT2D eigenvalue weighted by Crippen LogP contribution is -2.35. The van der Waals surface area contributed by atoms with E-state index in [4.69, 9.17) is 5.11 Å². The van der Waals surface area contributed by atoms with Crippen LogP contribution in [0, 0.1) is 11.8 Å². The second-order valence-corrected chi connectivity index (χ2v) is 6.08. The van der Waals surface area contributed by atoms with Gasteiger partial charge in [-0.05, 0) is 49.3 Å². The van der Waals surface area contributed by atoms with Crippen LogP contribution in [-0.2, 0) is 4.79 Å². The predicted molar refractivity (Wildman–Crippen MR) is 83.7 cm³/mol. The van der Waals surface area contributed by atoms with Crippen molar-refractivity contribution in [3.8, 4) is 0 Å². The number of hydrogen-bond acceptors (Lipinski definition) is 3. The van der Waals surface area contributed by atoms with Crippen LogP contribution in [-0.4, -0.2) is 29.9 Å². The van der Waals surface area contributed by atoms with E-state index in [0.29, 0.717) is 13.0 Å². The molecule has 0 aromatic heterocycles. The van der Waals surface area contributed by atoms with Gasteiger partial charge in [-0.1, -0.05) is 6.42 Å². The molecule has 6 heteroatoms. The molecule has 0 aliphatic heterocycles. The fraction of sp³-hybridized carbons (Fsp3) is 0.467. The minimum absolute atomic E-state index is 0.0344. The van der Waals surface area contributed by atoms with Gasteiger partial charge in [0.1, 0.15) is 0 Å². The van der Waals surface area contributed by atoms with Crippen LogP contribution in [0.25, 0.3) is 0 Å². The van der Waals surface area contributed by atoms with E-state index in [1.807, 2.05) is 30.5 Å². The first-order valence-electron chi connectivity index (χ1n) is 7.02. The SMILES string of the molecule is CSc1ccc(NC(=O)NCC2CCCC2C(=O)O)cc1. The van der Waals surface area contributed by atoms with Crippen molar-refractivity contribution in [3.63, 3.8) is 0 Å². The summed E-state index contributed by atoms with van der Waals surface area (Å²) in [7, 11) is 0. The second-order valence-electron chi connectivity index (χ2n) is 5.20. The summed E-state index contributed by atoms with van der Waals surface area (Å²) in [5.74, 6) is -1.05. The molecule has 1 aliphatic carbocycles. The molecule has 0 heterocycles. The number of carboxylic acids is 1. The topological polar surface area (TPSA) is 78.4 Å². The lowest BCUT2D eigenvalue weighted by Gasteiger charge is -2.16. The molecule has 5 nitrogen and oxygen atoms in total. The maximum absolute atomic E-state index is 11.8. The number of carbonyl (C=O) groups is 2. The number of rotatable bonds is 5. The number of urea groups is 1. The van der Waals surface area contributed by atoms with Crippen molar-refractivity contribution < 1.29 is 14.7 Å². The zero-order valence-electron chi connectivity index (χ0n) is 12.0. The van der Waals surface area contributed by atoms with Crippen molar-refractivity contribution in [1.82, 2.24) is 5.32 Å². The molecule has 1 aromatic carbocycles. The Kier molecular flexibility index (Phi) is 5.50. The molecular formula is C15H20N2O3S. The number of aliphatic carboxylic acids is 1. The van der Waals surface area contributed by atoms with Gasteiger partial charge >= 0.3 is 12.0 Å². The maximum Gasteiger partial charge on any atom is 0.319 e. The van der Waals surface area contributed by atoms with E-state index in [9.17, 15) is 9.59 Å². The minimum atomic E-state index is -0.757. The van der Waals surface area contributed by atoms with Gasteiger partial charge in [0, 0.05) is 17.1 Å². The third kappa shape index (κ3) is 4.39. The van der Waals surface area contributed by atoms with Crippen molar-refractivity contribution in [3.05, 3.63) is 24.3 Å². The van der Waals surface area contributed by atoms with Crippen LogP contribution in [0.2, 0.25) is 0 Å². The monoisotopic (exact) mass is 308 g/mol. The Morgan fingerprint density at radius 3 is 2.62 bits per heavy atom. The summed E-state index contributed by atoms with van der Waals surface area (Å²) in [5, 5.41) is 14.6. The first-order valence-corrected chi connectivity index (χ1v) is 8.24. The van der Waals surface area contributed by atoms with Gasteiger partial charge in [0.2, 0.25) is 0 Å². The highest BCUT2D eigenvalue weighted by Gasteiger charge is 2.32. The molecule has 114 valence electrons. The van der Waals surface area contributed by atoms with E-state index in [0.717, 1.165) is 23.4 Å². The molecule has 2 unspecified atom stereocenters. The van der Waals surface area contributed by atoms with Crippen LogP contribution in [0.4, 0.5) is 10.5 Å². The number of hydrogen-bond donors (Lipinski definition) is 3. The predicted octanol–water partition coefficient (Wildman–Crippen LogP) is 3.03. The third-order valence-corrected chi connectivity index (χ3v) is 4.59. The van der Waals surface area contributed by atoms with Crippen LogP contribution in [0.15, 0.2) is 29.2 Å². The van der Waals surface area contributed by atoms with Gasteiger partial charge in [-0.25, -0.2) is 4.79 Å². The molecule has 1 saturated carbocycles. The summed E-state index contributed by atoms with van der Waals surface area (Å²) in [6.45, 7) is 0.408. The fourth-order valence-corrected chi connectivity index (χ4v) is 3.09. The normalized spacial score (nSPS) is 21.0. The number of nitrogens with one attached hydrogen (secondary N) is 2. The first kappa shape index (κ1) is 15.7. The summed E-state index contributed by atoms with van der Waals surface area (Å²) in [4.78, 5) is 24.0. The van der Waals surface area contributed by atoms with Crippen molar-refractivity contribution in [1.29, 1.82) is 0 Å². The number of thioether (sulfide) groups is 1. The van der Waals surface area contributed by atoms with E-state index in [1.54, 1.807) is 11.8 Å². The smallest absolute Gasteiger partial charge is 0.319 e. The van der Waals surface area contributed by atoms with E-state index >= 15 is 0 Å². The van der Waals surface area contributed by atoms with Crippen molar-refractivity contribution in [2.75, 3.05) is 18.1 Å². The van der Waals surface area contributed by atoms with Gasteiger partial charge in [0.05, 0.1) is 5.92 Å². The third-order valence-electron chi connectivity index (χ3n) is 3.85. The van der Waals surface area contributed by atoms with Gasteiger partial charge in [0.15, 0.2) is 0 Å². The Labute approximate surface area is 128 Å². The Hall–Kier alpha value is -1.69. The molecule has 0 saturated heterocycles. The van der Waals surface area contributed by atoms with E-state index in [1.165, 1.54) is 0 Å². The second kappa shape index (κ2) is 7.36. The Morgan fingerprint density at radius 1 is 1.29 bits per heavy atom. The molecule has 0 radical (unpaired) electrons. The molecule has 2 rings (SSSR count). The molecule has 2 amide bonds. The molecule has 21 heavy (non-hydrogen) atoms. The Bertz CT molecular complexity index is 504. The van der Waals surface area contributed by atoms with Gasteiger partial charge < -0.3 is 15.7 Å². The van der Waals surface area contributed by atoms with Crippen LogP contribution in [0.1, 0.15) is 19.3 Å².